The first-order valence-electron chi connectivity index (χ1n) is 23.3. The Balaban J connectivity index is 1.28. The van der Waals surface area contributed by atoms with E-state index in [1.54, 1.807) is 0 Å². The number of nitrogens with zero attached hydrogens (tertiary/aromatic N) is 7. The van der Waals surface area contributed by atoms with Crippen LogP contribution in [0.3, 0.4) is 0 Å². The maximum Gasteiger partial charge on any atom is 0.166 e. The zero-order valence-corrected chi connectivity index (χ0v) is 40.3. The first kappa shape index (κ1) is 50.7. The summed E-state index contributed by atoms with van der Waals surface area (Å²) in [4.78, 5) is 30.0. The first-order chi connectivity index (χ1) is 36.5. The van der Waals surface area contributed by atoms with Crippen LogP contribution in [0.1, 0.15) is 0 Å². The second-order valence-electron chi connectivity index (χ2n) is 18.0. The third kappa shape index (κ3) is 8.22. The lowest BCUT2D eigenvalue weighted by atomic mass is 9.60. The molecule has 0 amide bonds. The molecule has 3 aromatic heterocycles. The minimum atomic E-state index is -0.107. The van der Waals surface area contributed by atoms with E-state index in [-0.39, 0.29) is 134 Å². The largest absolute Gasteiger partial charge is 0.308 e. The molecule has 11 rings (SSSR count). The standard InChI is InChI=1S/C54H20B15N7/c55-34-31(35(56)41(62)46(67)40(34)61)52-71-49(22-12-5-2-6-13-22)70-50(72-52)23-18-19-28(76-27-16-8-7-14-25(27)30-24(15-9-17-29(30)76)21-10-3-1-4-11-21)26(20-23)51-73-53(32-36(57)42(63)47(68)43(64)37(32)58)75-54(74-51)33-38(59)44(65)48(69)45(66)39(33)60/h1-20H. The fourth-order valence-corrected chi connectivity index (χ4v) is 9.51. The van der Waals surface area contributed by atoms with E-state index in [9.17, 15) is 0 Å². The van der Waals surface area contributed by atoms with Gasteiger partial charge in [0.05, 0.1) is 16.7 Å². The third-order valence-electron chi connectivity index (χ3n) is 13.6. The van der Waals surface area contributed by atoms with E-state index in [2.05, 4.69) is 28.8 Å². The van der Waals surface area contributed by atoms with E-state index < -0.39 is 0 Å². The Morgan fingerprint density at radius 3 is 1.12 bits per heavy atom. The second-order valence-corrected chi connectivity index (χ2v) is 18.0. The second kappa shape index (κ2) is 19.6. The molecule has 8 aromatic carbocycles. The van der Waals surface area contributed by atoms with Crippen molar-refractivity contribution in [2.75, 3.05) is 0 Å². The Bertz CT molecular complexity index is 4080. The number of hydrogen-bond donors (Lipinski definition) is 0. The minimum absolute atomic E-state index is 0.0105. The summed E-state index contributed by atoms with van der Waals surface area (Å²) in [5.41, 5.74) is 5.46. The van der Waals surface area contributed by atoms with Gasteiger partial charge >= 0.3 is 0 Å². The van der Waals surface area contributed by atoms with Crippen molar-refractivity contribution in [1.29, 1.82) is 0 Å². The number of benzene rings is 8. The molecular formula is C54H20B15N7. The molecule has 30 radical (unpaired) electrons. The van der Waals surface area contributed by atoms with Crippen LogP contribution in [0.2, 0.25) is 0 Å². The Kier molecular flexibility index (Phi) is 13.1. The van der Waals surface area contributed by atoms with Crippen molar-refractivity contribution in [3.63, 3.8) is 0 Å². The van der Waals surface area contributed by atoms with Crippen LogP contribution in [0.25, 0.3) is 107 Å². The van der Waals surface area contributed by atoms with Gasteiger partial charge in [0.15, 0.2) is 34.9 Å². The predicted octanol–water partition coefficient (Wildman–Crippen LogP) is -5.27. The van der Waals surface area contributed by atoms with Crippen LogP contribution < -0.4 is 81.9 Å². The van der Waals surface area contributed by atoms with Crippen molar-refractivity contribution in [2.45, 2.75) is 0 Å². The highest BCUT2D eigenvalue weighted by atomic mass is 15.1. The summed E-state index contributed by atoms with van der Waals surface area (Å²) in [6, 6.07) is 39.1. The molecule has 0 bridgehead atoms. The van der Waals surface area contributed by atoms with Crippen LogP contribution in [0, 0.1) is 0 Å². The van der Waals surface area contributed by atoms with Crippen molar-refractivity contribution in [1.82, 2.24) is 34.5 Å². The van der Waals surface area contributed by atoms with E-state index in [1.165, 1.54) is 0 Å². The highest BCUT2D eigenvalue weighted by molar-refractivity contribution is 6.71. The summed E-state index contributed by atoms with van der Waals surface area (Å²) < 4.78 is 2.11. The van der Waals surface area contributed by atoms with Gasteiger partial charge in [-0.25, -0.2) is 29.9 Å². The molecular weight excluding hydrogens is 909 g/mol. The molecule has 0 saturated carbocycles. The van der Waals surface area contributed by atoms with Crippen molar-refractivity contribution < 1.29 is 0 Å². The summed E-state index contributed by atoms with van der Waals surface area (Å²) in [6.45, 7) is 0. The number of hydrogen-bond acceptors (Lipinski definition) is 6. The average molecular weight is 929 g/mol. The Morgan fingerprint density at radius 2 is 0.632 bits per heavy atom. The van der Waals surface area contributed by atoms with Gasteiger partial charge in [0.2, 0.25) is 0 Å². The maximum atomic E-state index is 6.74. The minimum Gasteiger partial charge on any atom is -0.308 e. The van der Waals surface area contributed by atoms with Gasteiger partial charge in [-0.05, 0) is 41.5 Å². The molecule has 22 heteroatoms. The van der Waals surface area contributed by atoms with Crippen LogP contribution in [0.5, 0.6) is 0 Å². The Labute approximate surface area is 459 Å². The van der Waals surface area contributed by atoms with Crippen molar-refractivity contribution in [3.05, 3.63) is 121 Å². The van der Waals surface area contributed by atoms with Gasteiger partial charge in [-0.2, -0.15) is 0 Å². The summed E-state index contributed by atoms with van der Waals surface area (Å²) in [5.74, 6) is 0.278. The van der Waals surface area contributed by atoms with E-state index in [4.69, 9.17) is 148 Å². The number of aromatic nitrogens is 7. The molecule has 3 heterocycles. The molecule has 0 spiro atoms. The van der Waals surface area contributed by atoms with E-state index in [1.807, 2.05) is 97.1 Å². The molecule has 7 nitrogen and oxygen atoms in total. The summed E-state index contributed by atoms with van der Waals surface area (Å²) in [6.07, 6.45) is 0. The SMILES string of the molecule is [B]c1c([B])c([B])c(-c2nc(-c3ccccc3)nc(-c3ccc(-n4c5ccccc5c5c(-c6ccccc6)cccc54)c(-c4nc(-c5c([B])c([B])c([B])c([B])c5[B])nc(-c5c([B])c([B])c([B])c([B])c5[B])n4)c3)n2)c([B])c1[B]. The quantitative estimate of drug-likeness (QED) is 0.142. The van der Waals surface area contributed by atoms with Crippen LogP contribution in [0.4, 0.5) is 0 Å². The van der Waals surface area contributed by atoms with Crippen LogP contribution in [-0.2, 0) is 0 Å². The molecule has 76 heavy (non-hydrogen) atoms. The average Bonchev–Trinajstić information content (AvgIpc) is 3.79. The highest BCUT2D eigenvalue weighted by Crippen LogP contribution is 2.41. The molecule has 316 valence electrons. The van der Waals surface area contributed by atoms with Gasteiger partial charge in [0.1, 0.15) is 118 Å². The number of para-hydroxylation sites is 1. The molecule has 11 aromatic rings. The molecule has 0 aliphatic heterocycles. The van der Waals surface area contributed by atoms with Crippen LogP contribution >= 0.6 is 0 Å². The lowest BCUT2D eigenvalue weighted by molar-refractivity contribution is 1.06. The predicted molar refractivity (Wildman–Crippen MR) is 326 cm³/mol. The molecule has 0 saturated heterocycles. The van der Waals surface area contributed by atoms with Gasteiger partial charge in [-0.1, -0.05) is 124 Å². The number of rotatable bonds is 8. The van der Waals surface area contributed by atoms with Gasteiger partial charge in [0, 0.05) is 44.2 Å². The molecule has 0 aliphatic carbocycles. The molecule has 0 fully saturated rings. The van der Waals surface area contributed by atoms with E-state index in [0.29, 0.717) is 22.4 Å². The normalized spacial score (nSPS) is 11.4. The van der Waals surface area contributed by atoms with Gasteiger partial charge < -0.3 is 4.57 Å². The first-order valence-corrected chi connectivity index (χ1v) is 23.3. The zero-order valence-electron chi connectivity index (χ0n) is 40.3. The molecule has 0 aliphatic rings. The van der Waals surface area contributed by atoms with Gasteiger partial charge in [-0.3, -0.25) is 0 Å². The van der Waals surface area contributed by atoms with Crippen molar-refractivity contribution in [3.8, 4) is 85.1 Å². The third-order valence-corrected chi connectivity index (χ3v) is 13.6. The fraction of sp³-hybridized carbons (Fsp3) is 0. The fourth-order valence-electron chi connectivity index (χ4n) is 9.51. The smallest absolute Gasteiger partial charge is 0.166 e. The van der Waals surface area contributed by atoms with Crippen LogP contribution in [0.15, 0.2) is 121 Å². The van der Waals surface area contributed by atoms with Gasteiger partial charge in [-0.15, -0.1) is 49.2 Å². The van der Waals surface area contributed by atoms with Gasteiger partial charge in [0.25, 0.3) is 0 Å². The monoisotopic (exact) mass is 931 g/mol. The van der Waals surface area contributed by atoms with Crippen molar-refractivity contribution in [2.24, 2.45) is 0 Å². The molecule has 0 N–H and O–H groups in total. The van der Waals surface area contributed by atoms with E-state index >= 15 is 0 Å². The van der Waals surface area contributed by atoms with Crippen molar-refractivity contribution >= 4 is 221 Å². The lowest BCUT2D eigenvalue weighted by Gasteiger charge is -2.23. The molecule has 0 atom stereocenters. The van der Waals surface area contributed by atoms with E-state index in [0.717, 1.165) is 32.9 Å². The Morgan fingerprint density at radius 1 is 0.263 bits per heavy atom. The summed E-state index contributed by atoms with van der Waals surface area (Å²) >= 11 is 0. The van der Waals surface area contributed by atoms with Crippen LogP contribution in [-0.4, -0.2) is 152 Å². The topological polar surface area (TPSA) is 82.3 Å². The summed E-state index contributed by atoms with van der Waals surface area (Å²) in [5, 5.41) is 1.93. The highest BCUT2D eigenvalue weighted by Gasteiger charge is 2.26. The number of fused-ring (bicyclic) bond motifs is 3. The maximum absolute atomic E-state index is 6.74. The lowest BCUT2D eigenvalue weighted by Crippen LogP contribution is -2.55. The summed E-state index contributed by atoms with van der Waals surface area (Å²) in [7, 11) is 97.8. The zero-order chi connectivity index (χ0) is 53.6. The molecule has 0 unspecified atom stereocenters. The Hall–Kier alpha value is -7.45.